The summed E-state index contributed by atoms with van der Waals surface area (Å²) in [6.07, 6.45) is 10.9. The van der Waals surface area contributed by atoms with Gasteiger partial charge >= 0.3 is 24.4 Å². The number of rotatable bonds is 20. The number of hydrogen-bond acceptors (Lipinski definition) is 23. The minimum Gasteiger partial charge on any atom is -0.492 e. The molecule has 5 amide bonds. The molecule has 143 heavy (non-hydrogen) atoms. The van der Waals surface area contributed by atoms with E-state index < -0.39 is 94.5 Å². The van der Waals surface area contributed by atoms with Crippen LogP contribution in [0.1, 0.15) is 168 Å². The number of aromatic amines is 5. The quantitative estimate of drug-likeness (QED) is 0.0161. The molecule has 31 nitrogen and oxygen atoms in total. The second-order valence-electron chi connectivity index (χ2n) is 34.7. The fourth-order valence-electron chi connectivity index (χ4n) is 13.3. The molecule has 4 aromatic carbocycles. The molecule has 14 aromatic rings. The van der Waals surface area contributed by atoms with Crippen LogP contribution in [0.15, 0.2) is 157 Å². The molecule has 10 aromatic heterocycles. The van der Waals surface area contributed by atoms with Gasteiger partial charge in [0, 0.05) is 120 Å². The largest absolute Gasteiger partial charge is 0.492 e. The Labute approximate surface area is 910 Å². The van der Waals surface area contributed by atoms with Gasteiger partial charge in [-0.3, -0.25) is 4.79 Å². The zero-order valence-electron chi connectivity index (χ0n) is 79.9. The van der Waals surface area contributed by atoms with Crippen molar-refractivity contribution in [2.75, 3.05) is 57.9 Å². The normalized spacial score (nSPS) is 13.0. The zero-order chi connectivity index (χ0) is 105. The second kappa shape index (κ2) is 53.7. The third kappa shape index (κ3) is 34.0. The average Bonchev–Trinajstić information content (AvgIpc) is 1.75. The Morgan fingerprint density at radius 1 is 0.497 bits per heavy atom. The number of fused-ring (bicyclic) bond motifs is 6. The van der Waals surface area contributed by atoms with E-state index in [1.165, 1.54) is 54.7 Å². The highest BCUT2D eigenvalue weighted by Gasteiger charge is 2.35. The number of halogens is 15. The molecule has 2 bridgehead atoms. The van der Waals surface area contributed by atoms with Crippen LogP contribution < -0.4 is 48.9 Å². The van der Waals surface area contributed by atoms with Crippen LogP contribution in [-0.4, -0.2) is 170 Å². The molecule has 4 unspecified atom stereocenters. The number of alkyl halides is 2. The molecule has 4 atom stereocenters. The van der Waals surface area contributed by atoms with E-state index >= 15 is 0 Å². The number of amides is 5. The molecular formula is C97H103BrCl6F4I4N14O17. The number of H-pyrrole nitrogens is 5. The standard InChI is InChI=1S/C27H32ClFIN3O6.C27H33ClFN3O6.C18H15ClFN3O3.C17H16ClFIN3O2.C7H5BrN2.CH2Cl2.I2/c1-15(37-16-12-17-19(30)14-32-23(17)31-13-16)21-20(9-8-18(29)22(21)28)36-11-10-33(24(34)38-26(2,3)4)25(35)39-27(5,6)7;1-16(36-18-14-17-10-11-30-23(17)31-15-18)21-20(9-8-19(29)22(21)28)35-13-12-32(24(33)37-26(2,3)4)25(34)38-27(5,6)7;1-9-15-14(3-2-13(20)16(15)19)25-5-4-21-18(24)12-8-23-17-11(12)6-10(26-9)7-22-17;1-9(15-14(24-5-4-21)3-2-12(19)16(15)18)25-10-6-11-13(20)8-23-17(11)22-7-10;8-6-3-5-1-2-9-7(5)10-4-6;2-1-3;1-2/h8-9,12-15H,10-11H2,1-7H3,(H,31,32);8-11,14-16H,12-13H2,1-7H3,(H,30,31);2-3,6-9H,4-5H2,1H3,(H,21,24)(H,22,23);2-3,6-9H,4-5,21H2,1H3,(H,22,23);1-4H,(H,9,10);1H2;. The molecule has 46 heteroatoms. The Balaban J connectivity index is 0.000000205. The lowest BCUT2D eigenvalue weighted by molar-refractivity contribution is -0.00272. The van der Waals surface area contributed by atoms with Crippen LogP contribution in [0.2, 0.25) is 20.1 Å². The lowest BCUT2D eigenvalue weighted by Gasteiger charge is -2.28. The maximum Gasteiger partial charge on any atom is 0.419 e. The van der Waals surface area contributed by atoms with Crippen molar-refractivity contribution in [3.05, 3.63) is 236 Å². The number of benzene rings is 4. The van der Waals surface area contributed by atoms with Gasteiger partial charge in [0.25, 0.3) is 5.91 Å². The maximum absolute atomic E-state index is 14.5. The number of ether oxygens (including phenoxy) is 12. The van der Waals surface area contributed by atoms with E-state index in [-0.39, 0.29) is 93.4 Å². The number of nitrogens with zero attached hydrogens (tertiary/aromatic N) is 7. The summed E-state index contributed by atoms with van der Waals surface area (Å²) in [5.41, 5.74) is 7.70. The lowest BCUT2D eigenvalue weighted by atomic mass is 10.1. The topological polar surface area (TPSA) is 384 Å². The van der Waals surface area contributed by atoms with Gasteiger partial charge in [0.1, 0.15) is 171 Å². The van der Waals surface area contributed by atoms with Gasteiger partial charge < -0.3 is 92.8 Å². The van der Waals surface area contributed by atoms with Crippen LogP contribution in [0, 0.1) is 30.4 Å². The zero-order valence-corrected chi connectivity index (χ0v) is 94.7. The Morgan fingerprint density at radius 2 is 0.860 bits per heavy atom. The predicted molar refractivity (Wildman–Crippen MR) is 582 cm³/mol. The minimum absolute atomic E-state index is 0.0210. The Hall–Kier alpha value is -9.50. The second-order valence-corrected chi connectivity index (χ2v) is 40.3. The summed E-state index contributed by atoms with van der Waals surface area (Å²) in [5, 5.41) is 7.03. The van der Waals surface area contributed by atoms with Gasteiger partial charge in [-0.1, -0.05) is 46.4 Å². The van der Waals surface area contributed by atoms with Crippen molar-refractivity contribution >= 4 is 253 Å². The smallest absolute Gasteiger partial charge is 0.419 e. The number of imide groups is 2. The monoisotopic (exact) mass is 2610 g/mol. The fraction of sp³-hybridized carbons (Fsp3) is 0.340. The van der Waals surface area contributed by atoms with Gasteiger partial charge in [-0.25, -0.2) is 71.5 Å². The molecule has 0 spiro atoms. The average molecular weight is 2610 g/mol. The van der Waals surface area contributed by atoms with Crippen molar-refractivity contribution < 1.29 is 98.4 Å². The first-order chi connectivity index (χ1) is 67.5. The number of hydrogen-bond donors (Lipinski definition) is 7. The number of carbonyl (C=O) groups is 5. The maximum atomic E-state index is 14.5. The van der Waals surface area contributed by atoms with Crippen LogP contribution in [0.4, 0.5) is 36.7 Å². The van der Waals surface area contributed by atoms with Crippen molar-refractivity contribution in [3.63, 3.8) is 0 Å². The molecule has 0 saturated carbocycles. The van der Waals surface area contributed by atoms with Gasteiger partial charge in [0.05, 0.1) is 97.7 Å². The lowest BCUT2D eigenvalue weighted by Crippen LogP contribution is -2.45. The SMILES string of the molecule is Brc1cnc2[nH]ccc2c1.CC(Oc1cnc2[nH]cc(I)c2c1)c1c(OCCN(C(=O)OC(C)(C)C)C(=O)OC(C)(C)C)ccc(F)c1Cl.CC(Oc1cnc2[nH]cc(I)c2c1)c1c(OCCN)ccc(F)c1Cl.CC(Oc1cnc2[nH]ccc2c1)c1c(OCCN(C(=O)OC(C)(C)C)C(=O)OC(C)(C)C)ccc(F)c1Cl.CC1Oc2cnc3[nH]cc(c3c2)C(=O)NCCOc2ccc(F)c(Cl)c21.ClCCl.II. The third-order valence-corrected chi connectivity index (χ3v) is 23.0. The van der Waals surface area contributed by atoms with Crippen molar-refractivity contribution in [2.45, 2.75) is 158 Å². The molecule has 768 valence electrons. The highest BCUT2D eigenvalue weighted by molar-refractivity contribution is 15.0. The summed E-state index contributed by atoms with van der Waals surface area (Å²) in [5.74, 6) is 0.610. The molecule has 15 rings (SSSR count). The minimum atomic E-state index is -0.878. The van der Waals surface area contributed by atoms with E-state index in [2.05, 4.69) is 154 Å². The summed E-state index contributed by atoms with van der Waals surface area (Å²) >= 11 is 46.5. The van der Waals surface area contributed by atoms with Gasteiger partial charge in [-0.2, -0.15) is 0 Å². The number of aromatic nitrogens is 10. The van der Waals surface area contributed by atoms with Crippen molar-refractivity contribution in [2.24, 2.45) is 5.73 Å². The number of pyridine rings is 5. The van der Waals surface area contributed by atoms with Crippen LogP contribution in [0.3, 0.4) is 0 Å². The van der Waals surface area contributed by atoms with Gasteiger partial charge in [-0.05, 0) is 263 Å². The van der Waals surface area contributed by atoms with Crippen molar-refractivity contribution in [1.82, 2.24) is 65.0 Å². The first kappa shape index (κ1) is 117. The summed E-state index contributed by atoms with van der Waals surface area (Å²) in [6, 6.07) is 23.8. The first-order valence-electron chi connectivity index (χ1n) is 43.6. The molecule has 1 aliphatic rings. The Bertz CT molecular complexity index is 6670. The molecule has 8 N–H and O–H groups in total. The predicted octanol–water partition coefficient (Wildman–Crippen LogP) is 28.3. The molecule has 0 saturated heterocycles. The molecule has 0 aliphatic carbocycles. The van der Waals surface area contributed by atoms with Gasteiger partial charge in [-0.15, -0.1) is 23.2 Å². The van der Waals surface area contributed by atoms with E-state index in [0.29, 0.717) is 86.7 Å². The third-order valence-electron chi connectivity index (χ3n) is 19.3. The van der Waals surface area contributed by atoms with Crippen LogP contribution in [0.5, 0.6) is 46.0 Å². The fourth-order valence-corrected chi connectivity index (χ4v) is 16.0. The summed E-state index contributed by atoms with van der Waals surface area (Å²) in [6.45, 7) is 27.6. The number of nitrogens with one attached hydrogen (secondary N) is 6. The first-order valence-corrected chi connectivity index (χ1v) is 55.4. The summed E-state index contributed by atoms with van der Waals surface area (Å²) < 4.78 is 128. The molecular weight excluding hydrogens is 2510 g/mol. The van der Waals surface area contributed by atoms with Gasteiger partial charge in [0.2, 0.25) is 0 Å². The Morgan fingerprint density at radius 3 is 1.28 bits per heavy atom. The number of carbonyl (C=O) groups excluding carboxylic acids is 5. The van der Waals surface area contributed by atoms with E-state index in [1.807, 2.05) is 48.9 Å². The van der Waals surface area contributed by atoms with Gasteiger partial charge in [0.15, 0.2) is 0 Å². The molecule has 1 aliphatic heterocycles. The van der Waals surface area contributed by atoms with Crippen LogP contribution >= 0.6 is 168 Å². The van der Waals surface area contributed by atoms with Crippen molar-refractivity contribution in [1.29, 1.82) is 0 Å². The van der Waals surface area contributed by atoms with Crippen LogP contribution in [0.25, 0.3) is 55.2 Å². The van der Waals surface area contributed by atoms with E-state index in [1.54, 1.807) is 160 Å². The Kier molecular flexibility index (Phi) is 44.0. The van der Waals surface area contributed by atoms with E-state index in [0.717, 1.165) is 54.3 Å². The molecule has 11 heterocycles. The van der Waals surface area contributed by atoms with E-state index in [4.69, 9.17) is 132 Å². The summed E-state index contributed by atoms with van der Waals surface area (Å²) in [7, 11) is 0. The van der Waals surface area contributed by atoms with Crippen molar-refractivity contribution in [3.8, 4) is 46.0 Å². The molecule has 0 fully saturated rings. The number of nitrogens with two attached hydrogens (primary N) is 1. The van der Waals surface area contributed by atoms with E-state index in [9.17, 15) is 41.5 Å². The highest BCUT2D eigenvalue weighted by atomic mass is 128. The molecule has 0 radical (unpaired) electrons. The highest BCUT2D eigenvalue weighted by Crippen LogP contribution is 2.43. The summed E-state index contributed by atoms with van der Waals surface area (Å²) in [4.78, 5) is 101. The van der Waals surface area contributed by atoms with Crippen LogP contribution in [-0.2, 0) is 18.9 Å².